The van der Waals surface area contributed by atoms with E-state index in [2.05, 4.69) is 5.32 Å². The van der Waals surface area contributed by atoms with Crippen molar-refractivity contribution in [3.63, 3.8) is 0 Å². The Morgan fingerprint density at radius 2 is 1.88 bits per heavy atom. The van der Waals surface area contributed by atoms with Crippen molar-refractivity contribution in [2.24, 2.45) is 0 Å². The molecule has 2 aromatic carbocycles. The molecule has 0 saturated carbocycles. The fourth-order valence-corrected chi connectivity index (χ4v) is 2.35. The zero-order valence-electron chi connectivity index (χ0n) is 13.0. The van der Waals surface area contributed by atoms with Gasteiger partial charge in [-0.1, -0.05) is 30.3 Å². The smallest absolute Gasteiger partial charge is 0.339 e. The van der Waals surface area contributed by atoms with Gasteiger partial charge in [-0.2, -0.15) is 0 Å². The van der Waals surface area contributed by atoms with Crippen molar-refractivity contribution in [3.05, 3.63) is 71.5 Å². The lowest BCUT2D eigenvalue weighted by atomic mass is 10.1. The number of rotatable bonds is 6. The molecule has 2 aromatic rings. The Hall–Kier alpha value is -3.08. The SMILES string of the molecule is O=C(Cc1ccccc1)Nc1ccc(OC2=CCC2)c(C(=O)O)c1. The number of ether oxygens (including phenoxy) is 1. The highest BCUT2D eigenvalue weighted by atomic mass is 16.5. The van der Waals surface area contributed by atoms with Crippen LogP contribution in [0.5, 0.6) is 5.75 Å². The van der Waals surface area contributed by atoms with Gasteiger partial charge in [-0.15, -0.1) is 0 Å². The van der Waals surface area contributed by atoms with Crippen LogP contribution >= 0.6 is 0 Å². The van der Waals surface area contributed by atoms with Crippen LogP contribution in [-0.4, -0.2) is 17.0 Å². The summed E-state index contributed by atoms with van der Waals surface area (Å²) < 4.78 is 5.57. The lowest BCUT2D eigenvalue weighted by molar-refractivity contribution is -0.115. The van der Waals surface area contributed by atoms with Crippen molar-refractivity contribution in [3.8, 4) is 5.75 Å². The molecule has 122 valence electrons. The monoisotopic (exact) mass is 323 g/mol. The average Bonchev–Trinajstić information content (AvgIpc) is 2.52. The van der Waals surface area contributed by atoms with E-state index < -0.39 is 5.97 Å². The Kier molecular flexibility index (Phi) is 4.61. The molecular weight excluding hydrogens is 306 g/mol. The van der Waals surface area contributed by atoms with Gasteiger partial charge < -0.3 is 15.2 Å². The number of carboxylic acid groups (broad SMARTS) is 1. The first-order chi connectivity index (χ1) is 11.6. The lowest BCUT2D eigenvalue weighted by Crippen LogP contribution is -2.15. The van der Waals surface area contributed by atoms with E-state index in [0.29, 0.717) is 5.69 Å². The van der Waals surface area contributed by atoms with E-state index >= 15 is 0 Å². The second-order valence-corrected chi connectivity index (χ2v) is 5.54. The second kappa shape index (κ2) is 7.00. The van der Waals surface area contributed by atoms with Gasteiger partial charge in [-0.25, -0.2) is 4.79 Å². The fourth-order valence-electron chi connectivity index (χ4n) is 2.35. The first-order valence-electron chi connectivity index (χ1n) is 7.70. The van der Waals surface area contributed by atoms with Crippen LogP contribution in [0, 0.1) is 0 Å². The Balaban J connectivity index is 1.72. The maximum atomic E-state index is 12.1. The molecule has 0 heterocycles. The third-order valence-electron chi connectivity index (χ3n) is 3.71. The Labute approximate surface area is 139 Å². The Morgan fingerprint density at radius 3 is 2.50 bits per heavy atom. The number of hydrogen-bond acceptors (Lipinski definition) is 3. The van der Waals surface area contributed by atoms with Gasteiger partial charge >= 0.3 is 5.97 Å². The van der Waals surface area contributed by atoms with Crippen molar-refractivity contribution in [2.75, 3.05) is 5.32 Å². The minimum absolute atomic E-state index is 0.0281. The van der Waals surface area contributed by atoms with Crippen molar-refractivity contribution >= 4 is 17.6 Å². The number of benzene rings is 2. The fraction of sp³-hybridized carbons (Fsp3) is 0.158. The number of carbonyl (C=O) groups is 2. The summed E-state index contributed by atoms with van der Waals surface area (Å²) in [6.45, 7) is 0. The molecule has 0 bridgehead atoms. The number of aromatic carboxylic acids is 1. The quantitative estimate of drug-likeness (QED) is 0.851. The minimum atomic E-state index is -1.09. The van der Waals surface area contributed by atoms with Crippen LogP contribution in [0.2, 0.25) is 0 Å². The number of hydrogen-bond donors (Lipinski definition) is 2. The van der Waals surface area contributed by atoms with Crippen LogP contribution in [-0.2, 0) is 11.2 Å². The molecule has 5 nitrogen and oxygen atoms in total. The van der Waals surface area contributed by atoms with E-state index in [1.807, 2.05) is 36.4 Å². The highest BCUT2D eigenvalue weighted by Crippen LogP contribution is 2.28. The summed E-state index contributed by atoms with van der Waals surface area (Å²) in [5, 5.41) is 12.1. The molecule has 0 unspecified atom stereocenters. The first kappa shape index (κ1) is 15.8. The number of amides is 1. The summed E-state index contributed by atoms with van der Waals surface area (Å²) in [5.41, 5.74) is 1.36. The first-order valence-corrected chi connectivity index (χ1v) is 7.70. The number of carboxylic acids is 1. The summed E-state index contributed by atoms with van der Waals surface area (Å²) >= 11 is 0. The summed E-state index contributed by atoms with van der Waals surface area (Å²) in [6, 6.07) is 14.0. The largest absolute Gasteiger partial charge is 0.478 e. The van der Waals surface area contributed by atoms with Gasteiger partial charge in [0, 0.05) is 12.1 Å². The highest BCUT2D eigenvalue weighted by molar-refractivity contribution is 5.96. The topological polar surface area (TPSA) is 75.6 Å². The molecule has 0 atom stereocenters. The van der Waals surface area contributed by atoms with Gasteiger partial charge in [0.1, 0.15) is 17.1 Å². The summed E-state index contributed by atoms with van der Waals surface area (Å²) in [7, 11) is 0. The van der Waals surface area contributed by atoms with E-state index in [1.165, 1.54) is 6.07 Å². The van der Waals surface area contributed by atoms with Crippen molar-refractivity contribution in [2.45, 2.75) is 19.3 Å². The van der Waals surface area contributed by atoms with E-state index in [4.69, 9.17) is 4.74 Å². The molecule has 0 saturated heterocycles. The Bertz CT molecular complexity index is 796. The molecule has 0 aromatic heterocycles. The number of anilines is 1. The van der Waals surface area contributed by atoms with Crippen LogP contribution < -0.4 is 10.1 Å². The van der Waals surface area contributed by atoms with Crippen LogP contribution in [0.3, 0.4) is 0 Å². The van der Waals surface area contributed by atoms with Crippen LogP contribution in [0.15, 0.2) is 60.4 Å². The number of carbonyl (C=O) groups excluding carboxylic acids is 1. The molecule has 1 aliphatic rings. The maximum absolute atomic E-state index is 12.1. The van der Waals surface area contributed by atoms with Gasteiger partial charge in [-0.05, 0) is 36.3 Å². The van der Waals surface area contributed by atoms with E-state index in [-0.39, 0.29) is 23.6 Å². The molecule has 1 amide bonds. The zero-order valence-corrected chi connectivity index (χ0v) is 13.0. The molecule has 5 heteroatoms. The summed E-state index contributed by atoms with van der Waals surface area (Å²) in [4.78, 5) is 23.5. The van der Waals surface area contributed by atoms with Gasteiger partial charge in [-0.3, -0.25) is 4.79 Å². The predicted octanol–water partition coefficient (Wildman–Crippen LogP) is 3.62. The van der Waals surface area contributed by atoms with Crippen molar-refractivity contribution in [1.29, 1.82) is 0 Å². The molecule has 1 aliphatic carbocycles. The zero-order chi connectivity index (χ0) is 16.9. The normalized spacial score (nSPS) is 12.8. The van der Waals surface area contributed by atoms with Gasteiger partial charge in [0.05, 0.1) is 6.42 Å². The average molecular weight is 323 g/mol. The molecule has 0 radical (unpaired) electrons. The van der Waals surface area contributed by atoms with Gasteiger partial charge in [0.25, 0.3) is 0 Å². The summed E-state index contributed by atoms with van der Waals surface area (Å²) in [5.74, 6) is -0.232. The van der Waals surface area contributed by atoms with E-state index in [1.54, 1.807) is 12.1 Å². The number of nitrogens with one attached hydrogen (secondary N) is 1. The highest BCUT2D eigenvalue weighted by Gasteiger charge is 2.17. The maximum Gasteiger partial charge on any atom is 0.339 e. The Morgan fingerprint density at radius 1 is 1.12 bits per heavy atom. The molecular formula is C19H17NO4. The molecule has 0 spiro atoms. The van der Waals surface area contributed by atoms with Crippen LogP contribution in [0.4, 0.5) is 5.69 Å². The predicted molar refractivity (Wildman–Crippen MR) is 90.1 cm³/mol. The van der Waals surface area contributed by atoms with Crippen LogP contribution in [0.1, 0.15) is 28.8 Å². The standard InChI is InChI=1S/C19H17NO4/c21-18(11-13-5-2-1-3-6-13)20-14-9-10-17(16(12-14)19(22)23)24-15-7-4-8-15/h1-3,5-7,9-10,12H,4,8,11H2,(H,20,21)(H,22,23). The van der Waals surface area contributed by atoms with E-state index in [0.717, 1.165) is 24.2 Å². The van der Waals surface area contributed by atoms with E-state index in [9.17, 15) is 14.7 Å². The third-order valence-corrected chi connectivity index (χ3v) is 3.71. The van der Waals surface area contributed by atoms with Gasteiger partial charge in [0.15, 0.2) is 0 Å². The number of allylic oxidation sites excluding steroid dienone is 2. The summed E-state index contributed by atoms with van der Waals surface area (Å²) in [6.07, 6.45) is 3.91. The van der Waals surface area contributed by atoms with Crippen molar-refractivity contribution in [1.82, 2.24) is 0 Å². The molecule has 24 heavy (non-hydrogen) atoms. The lowest BCUT2D eigenvalue weighted by Gasteiger charge is -2.17. The minimum Gasteiger partial charge on any atom is -0.478 e. The molecule has 2 N–H and O–H groups in total. The molecule has 0 fully saturated rings. The van der Waals surface area contributed by atoms with Crippen LogP contribution in [0.25, 0.3) is 0 Å². The molecule has 0 aliphatic heterocycles. The second-order valence-electron chi connectivity index (χ2n) is 5.54. The molecule has 3 rings (SSSR count). The van der Waals surface area contributed by atoms with Crippen molar-refractivity contribution < 1.29 is 19.4 Å². The third kappa shape index (κ3) is 3.81. The van der Waals surface area contributed by atoms with Gasteiger partial charge in [0.2, 0.25) is 5.91 Å².